The summed E-state index contributed by atoms with van der Waals surface area (Å²) in [7, 11) is 0. The Morgan fingerprint density at radius 2 is 1.93 bits per heavy atom. The van der Waals surface area contributed by atoms with Crippen molar-refractivity contribution in [3.05, 3.63) is 65.5 Å². The van der Waals surface area contributed by atoms with Gasteiger partial charge in [-0.2, -0.15) is 5.10 Å². The molecule has 2 amide bonds. The third-order valence-electron chi connectivity index (χ3n) is 3.84. The molecule has 8 heteroatoms. The molecule has 7 nitrogen and oxygen atoms in total. The van der Waals surface area contributed by atoms with Gasteiger partial charge in [0.15, 0.2) is 0 Å². The second kappa shape index (κ2) is 12.3. The first-order valence-electron chi connectivity index (χ1n) is 9.65. The van der Waals surface area contributed by atoms with Crippen LogP contribution in [0.5, 0.6) is 5.75 Å². The molecule has 2 N–H and O–H groups in total. The van der Waals surface area contributed by atoms with Crippen LogP contribution in [0.1, 0.15) is 31.4 Å². The summed E-state index contributed by atoms with van der Waals surface area (Å²) < 4.78 is 24.3. The maximum atomic E-state index is 13.3. The first-order chi connectivity index (χ1) is 14.5. The lowest BCUT2D eigenvalue weighted by Gasteiger charge is -2.09. The summed E-state index contributed by atoms with van der Waals surface area (Å²) in [4.78, 5) is 23.5. The van der Waals surface area contributed by atoms with E-state index in [1.165, 1.54) is 18.3 Å². The van der Waals surface area contributed by atoms with Crippen LogP contribution >= 0.6 is 0 Å². The number of hydrogen-bond acceptors (Lipinski definition) is 5. The third kappa shape index (κ3) is 8.40. The Hall–Kier alpha value is -3.26. The molecule has 0 aliphatic heterocycles. The molecule has 2 aromatic carbocycles. The van der Waals surface area contributed by atoms with E-state index >= 15 is 0 Å². The fraction of sp³-hybridized carbons (Fsp3) is 0.318. The number of carbonyl (C=O) groups is 2. The highest BCUT2D eigenvalue weighted by Gasteiger charge is 2.11. The van der Waals surface area contributed by atoms with Crippen LogP contribution in [0.4, 0.5) is 4.39 Å². The van der Waals surface area contributed by atoms with Gasteiger partial charge in [-0.15, -0.1) is 0 Å². The highest BCUT2D eigenvalue weighted by molar-refractivity contribution is 6.35. The van der Waals surface area contributed by atoms with Crippen molar-refractivity contribution < 1.29 is 23.5 Å². The molecule has 0 aliphatic carbocycles. The molecule has 0 atom stereocenters. The molecule has 0 radical (unpaired) electrons. The van der Waals surface area contributed by atoms with Crippen LogP contribution in [0.15, 0.2) is 53.6 Å². The van der Waals surface area contributed by atoms with Crippen LogP contribution < -0.4 is 15.5 Å². The number of para-hydroxylation sites is 1. The summed E-state index contributed by atoms with van der Waals surface area (Å²) >= 11 is 0. The average Bonchev–Trinajstić information content (AvgIpc) is 2.72. The van der Waals surface area contributed by atoms with E-state index in [2.05, 4.69) is 15.8 Å². The summed E-state index contributed by atoms with van der Waals surface area (Å²) in [5.74, 6) is -1.46. The molecule has 0 unspecified atom stereocenters. The van der Waals surface area contributed by atoms with Gasteiger partial charge in [-0.1, -0.05) is 24.3 Å². The minimum atomic E-state index is -0.866. The minimum Gasteiger partial charge on any atom is -0.488 e. The molecule has 0 fully saturated rings. The van der Waals surface area contributed by atoms with Crippen molar-refractivity contribution in [3.8, 4) is 5.75 Å². The number of nitrogens with one attached hydrogen (secondary N) is 2. The van der Waals surface area contributed by atoms with Gasteiger partial charge >= 0.3 is 11.8 Å². The molecule has 0 aliphatic rings. The van der Waals surface area contributed by atoms with Gasteiger partial charge in [0.2, 0.25) is 0 Å². The standard InChI is InChI=1S/C22H26FN3O4/c1-16(2)29-12-6-11-24-21(27)22(28)26-25-14-18-8-3-4-10-20(18)30-15-17-7-5-9-19(23)13-17/h3-5,7-10,13-14,16H,6,11-12,15H2,1-2H3,(H,24,27)(H,26,28)/b25-14-. The minimum absolute atomic E-state index is 0.124. The van der Waals surface area contributed by atoms with Gasteiger partial charge in [-0.05, 0) is 50.1 Å². The number of amides is 2. The number of rotatable bonds is 10. The molecule has 0 spiro atoms. The maximum absolute atomic E-state index is 13.3. The van der Waals surface area contributed by atoms with Gasteiger partial charge in [0.25, 0.3) is 0 Å². The molecule has 0 saturated heterocycles. The van der Waals surface area contributed by atoms with Crippen molar-refractivity contribution >= 4 is 18.0 Å². The van der Waals surface area contributed by atoms with Crippen molar-refractivity contribution in [2.24, 2.45) is 5.10 Å². The summed E-state index contributed by atoms with van der Waals surface area (Å²) in [6.07, 6.45) is 2.11. The number of benzene rings is 2. The van der Waals surface area contributed by atoms with Crippen molar-refractivity contribution in [3.63, 3.8) is 0 Å². The molecular formula is C22H26FN3O4. The number of carbonyl (C=O) groups excluding carboxylic acids is 2. The highest BCUT2D eigenvalue weighted by Crippen LogP contribution is 2.17. The number of hydrogen-bond donors (Lipinski definition) is 2. The maximum Gasteiger partial charge on any atom is 0.329 e. The van der Waals surface area contributed by atoms with Gasteiger partial charge in [-0.3, -0.25) is 9.59 Å². The molecule has 30 heavy (non-hydrogen) atoms. The van der Waals surface area contributed by atoms with Crippen molar-refractivity contribution in [2.75, 3.05) is 13.2 Å². The highest BCUT2D eigenvalue weighted by atomic mass is 19.1. The van der Waals surface area contributed by atoms with E-state index in [0.29, 0.717) is 36.4 Å². The number of halogens is 1. The fourth-order valence-corrected chi connectivity index (χ4v) is 2.39. The molecule has 0 saturated carbocycles. The molecule has 160 valence electrons. The Kier molecular flexibility index (Phi) is 9.47. The second-order valence-electron chi connectivity index (χ2n) is 6.68. The SMILES string of the molecule is CC(C)OCCCNC(=O)C(=O)N/N=C\c1ccccc1OCc1cccc(F)c1. The second-order valence-corrected chi connectivity index (χ2v) is 6.68. The summed E-state index contributed by atoms with van der Waals surface area (Å²) in [5, 5.41) is 6.31. The predicted octanol–water partition coefficient (Wildman–Crippen LogP) is 2.79. The zero-order valence-electron chi connectivity index (χ0n) is 17.1. The monoisotopic (exact) mass is 415 g/mol. The van der Waals surface area contributed by atoms with Crippen molar-refractivity contribution in [2.45, 2.75) is 33.0 Å². The van der Waals surface area contributed by atoms with Crippen LogP contribution in [0.3, 0.4) is 0 Å². The van der Waals surface area contributed by atoms with E-state index in [4.69, 9.17) is 9.47 Å². The zero-order chi connectivity index (χ0) is 21.8. The zero-order valence-corrected chi connectivity index (χ0v) is 17.1. The van der Waals surface area contributed by atoms with Crippen LogP contribution in [0.2, 0.25) is 0 Å². The predicted molar refractivity (Wildman–Crippen MR) is 112 cm³/mol. The quantitative estimate of drug-likeness (QED) is 0.270. The smallest absolute Gasteiger partial charge is 0.329 e. The summed E-state index contributed by atoms with van der Waals surface area (Å²) in [5.41, 5.74) is 3.46. The van der Waals surface area contributed by atoms with Gasteiger partial charge in [0.1, 0.15) is 18.2 Å². The Morgan fingerprint density at radius 3 is 2.70 bits per heavy atom. The van der Waals surface area contributed by atoms with E-state index in [1.807, 2.05) is 13.8 Å². The van der Waals surface area contributed by atoms with E-state index in [-0.39, 0.29) is 18.5 Å². The lowest BCUT2D eigenvalue weighted by molar-refractivity contribution is -0.139. The molecular weight excluding hydrogens is 389 g/mol. The first kappa shape index (κ1) is 23.0. The summed E-state index contributed by atoms with van der Waals surface area (Å²) in [6, 6.07) is 13.2. The number of ether oxygens (including phenoxy) is 2. The Bertz CT molecular complexity index is 871. The van der Waals surface area contributed by atoms with Crippen LogP contribution in [-0.2, 0) is 20.9 Å². The normalized spacial score (nSPS) is 10.9. The molecule has 0 bridgehead atoms. The van der Waals surface area contributed by atoms with Gasteiger partial charge in [-0.25, -0.2) is 9.82 Å². The Labute approximate surface area is 175 Å². The fourth-order valence-electron chi connectivity index (χ4n) is 2.39. The molecule has 2 rings (SSSR count). The van der Waals surface area contributed by atoms with Crippen molar-refractivity contribution in [1.29, 1.82) is 0 Å². The number of nitrogens with zero attached hydrogens (tertiary/aromatic N) is 1. The van der Waals surface area contributed by atoms with E-state index in [0.717, 1.165) is 0 Å². The summed E-state index contributed by atoms with van der Waals surface area (Å²) in [6.45, 7) is 4.87. The Morgan fingerprint density at radius 1 is 1.13 bits per heavy atom. The van der Waals surface area contributed by atoms with Gasteiger partial charge in [0, 0.05) is 18.7 Å². The average molecular weight is 415 g/mol. The van der Waals surface area contributed by atoms with E-state index in [1.54, 1.807) is 36.4 Å². The van der Waals surface area contributed by atoms with Gasteiger partial charge in [0.05, 0.1) is 12.3 Å². The van der Waals surface area contributed by atoms with Gasteiger partial charge < -0.3 is 14.8 Å². The first-order valence-corrected chi connectivity index (χ1v) is 9.65. The number of hydrazone groups is 1. The van der Waals surface area contributed by atoms with Crippen LogP contribution in [0, 0.1) is 5.82 Å². The molecule has 0 aromatic heterocycles. The van der Waals surface area contributed by atoms with Crippen LogP contribution in [0.25, 0.3) is 0 Å². The van der Waals surface area contributed by atoms with E-state index < -0.39 is 11.8 Å². The Balaban J connectivity index is 1.81. The topological polar surface area (TPSA) is 89.0 Å². The largest absolute Gasteiger partial charge is 0.488 e. The lowest BCUT2D eigenvalue weighted by atomic mass is 10.2. The molecule has 0 heterocycles. The lowest BCUT2D eigenvalue weighted by Crippen LogP contribution is -2.38. The van der Waals surface area contributed by atoms with Crippen LogP contribution in [-0.4, -0.2) is 37.3 Å². The third-order valence-corrected chi connectivity index (χ3v) is 3.84. The van der Waals surface area contributed by atoms with E-state index in [9.17, 15) is 14.0 Å². The molecule has 2 aromatic rings. The van der Waals surface area contributed by atoms with Crippen molar-refractivity contribution in [1.82, 2.24) is 10.7 Å².